The average Bonchev–Trinajstić information content (AvgIpc) is 2.64. The molecule has 156 valence electrons. The number of rotatable bonds is 4. The second-order valence-corrected chi connectivity index (χ2v) is 8.20. The van der Waals surface area contributed by atoms with Crippen LogP contribution in [0.3, 0.4) is 0 Å². The maximum atomic E-state index is 12.1. The number of alkyl carbamates (subject to hydrolysis) is 1. The minimum Gasteiger partial charge on any atom is -0.496 e. The van der Waals surface area contributed by atoms with Gasteiger partial charge in [-0.15, -0.1) is 0 Å². The first-order chi connectivity index (χ1) is 13.7. The van der Waals surface area contributed by atoms with Crippen LogP contribution >= 0.6 is 0 Å². The number of carbonyl (C=O) groups is 2. The summed E-state index contributed by atoms with van der Waals surface area (Å²) in [7, 11) is 1.51. The smallest absolute Gasteiger partial charge is 0.407 e. The Bertz CT molecular complexity index is 923. The van der Waals surface area contributed by atoms with Gasteiger partial charge in [-0.05, 0) is 57.2 Å². The molecule has 2 amide bonds. The Kier molecular flexibility index (Phi) is 5.81. The summed E-state index contributed by atoms with van der Waals surface area (Å²) in [4.78, 5) is 30.6. The monoisotopic (exact) mass is 400 g/mol. The number of methoxy groups -OCH3 is 1. The highest BCUT2D eigenvalue weighted by Gasteiger charge is 2.26. The normalized spacial score (nSPS) is 17.1. The number of benzene rings is 1. The molecule has 1 fully saturated rings. The topological polar surface area (TPSA) is 107 Å². The molecule has 8 heteroatoms. The molecular weight excluding hydrogens is 372 g/mol. The summed E-state index contributed by atoms with van der Waals surface area (Å²) >= 11 is 0. The number of piperidine rings is 1. The predicted octanol–water partition coefficient (Wildman–Crippen LogP) is 2.84. The van der Waals surface area contributed by atoms with Crippen molar-refractivity contribution in [3.63, 3.8) is 0 Å². The van der Waals surface area contributed by atoms with Crippen molar-refractivity contribution in [3.8, 4) is 5.75 Å². The highest BCUT2D eigenvalue weighted by molar-refractivity contribution is 6.03. The summed E-state index contributed by atoms with van der Waals surface area (Å²) in [6, 6.07) is 5.32. The lowest BCUT2D eigenvalue weighted by Gasteiger charge is -2.35. The van der Waals surface area contributed by atoms with Crippen LogP contribution in [0.2, 0.25) is 0 Å². The fourth-order valence-corrected chi connectivity index (χ4v) is 3.56. The molecule has 8 nitrogen and oxygen atoms in total. The van der Waals surface area contributed by atoms with Crippen LogP contribution in [0.1, 0.15) is 44.0 Å². The lowest BCUT2D eigenvalue weighted by molar-refractivity contribution is 0.0499. The first-order valence-electron chi connectivity index (χ1n) is 9.69. The number of nitrogens with zero attached hydrogens (tertiary/aromatic N) is 2. The Morgan fingerprint density at radius 2 is 2.07 bits per heavy atom. The van der Waals surface area contributed by atoms with Crippen LogP contribution in [0.5, 0.6) is 5.75 Å². The maximum Gasteiger partial charge on any atom is 0.407 e. The zero-order valence-electron chi connectivity index (χ0n) is 17.3. The summed E-state index contributed by atoms with van der Waals surface area (Å²) in [5.74, 6) is 0.661. The number of fused-ring (bicyclic) bond motifs is 1. The predicted molar refractivity (Wildman–Crippen MR) is 111 cm³/mol. The second kappa shape index (κ2) is 8.14. The van der Waals surface area contributed by atoms with Crippen LogP contribution in [0.25, 0.3) is 10.8 Å². The molecule has 1 atom stereocenters. The van der Waals surface area contributed by atoms with Gasteiger partial charge in [0.15, 0.2) is 0 Å². The van der Waals surface area contributed by atoms with E-state index in [-0.39, 0.29) is 6.04 Å². The van der Waals surface area contributed by atoms with Gasteiger partial charge in [0.1, 0.15) is 17.2 Å². The molecule has 0 unspecified atom stereocenters. The number of nitrogens with one attached hydrogen (secondary N) is 1. The Morgan fingerprint density at radius 3 is 2.72 bits per heavy atom. The lowest BCUT2D eigenvalue weighted by Crippen LogP contribution is -2.49. The van der Waals surface area contributed by atoms with Crippen molar-refractivity contribution in [1.29, 1.82) is 0 Å². The van der Waals surface area contributed by atoms with E-state index >= 15 is 0 Å². The van der Waals surface area contributed by atoms with E-state index < -0.39 is 17.6 Å². The minimum atomic E-state index is -0.540. The van der Waals surface area contributed by atoms with Crippen LogP contribution in [-0.4, -0.2) is 48.8 Å². The molecule has 0 bridgehead atoms. The molecule has 2 heterocycles. The third kappa shape index (κ3) is 4.88. The summed E-state index contributed by atoms with van der Waals surface area (Å²) in [6.07, 6.45) is 3.08. The zero-order chi connectivity index (χ0) is 21.2. The molecule has 0 radical (unpaired) electrons. The van der Waals surface area contributed by atoms with E-state index in [1.165, 1.54) is 7.11 Å². The second-order valence-electron chi connectivity index (χ2n) is 8.20. The Hall–Kier alpha value is -3.03. The van der Waals surface area contributed by atoms with Crippen LogP contribution in [0, 0.1) is 0 Å². The van der Waals surface area contributed by atoms with Crippen molar-refractivity contribution >= 4 is 28.6 Å². The highest BCUT2D eigenvalue weighted by atomic mass is 16.6. The highest BCUT2D eigenvalue weighted by Crippen LogP contribution is 2.32. The molecule has 0 aliphatic carbocycles. The number of aromatic nitrogens is 1. The van der Waals surface area contributed by atoms with Crippen molar-refractivity contribution < 1.29 is 19.1 Å². The van der Waals surface area contributed by atoms with E-state index in [0.717, 1.165) is 36.0 Å². The van der Waals surface area contributed by atoms with Gasteiger partial charge in [-0.1, -0.05) is 0 Å². The Labute approximate surface area is 170 Å². The molecule has 1 aliphatic heterocycles. The standard InChI is InChI=1S/C21H28N4O4/c1-21(2,3)29-20(27)24-14-6-5-9-25(12-14)19-15-11-17(28-4)16(18(22)26)10-13(15)7-8-23-19/h7-8,10-11,14H,5-6,9,12H2,1-4H3,(H2,22,26)(H,24,27)/t14-/m0/s1. The molecule has 1 aromatic heterocycles. The van der Waals surface area contributed by atoms with E-state index in [1.807, 2.05) is 26.8 Å². The summed E-state index contributed by atoms with van der Waals surface area (Å²) in [6.45, 7) is 6.96. The van der Waals surface area contributed by atoms with E-state index in [2.05, 4.69) is 15.2 Å². The number of amides is 2. The fraction of sp³-hybridized carbons (Fsp3) is 0.476. The molecular formula is C21H28N4O4. The lowest BCUT2D eigenvalue weighted by atomic mass is 10.0. The SMILES string of the molecule is COc1cc2c(N3CCC[C@H](NC(=O)OC(C)(C)C)C3)nccc2cc1C(N)=O. The van der Waals surface area contributed by atoms with Gasteiger partial charge in [-0.25, -0.2) is 9.78 Å². The number of pyridine rings is 1. The number of hydrogen-bond donors (Lipinski definition) is 2. The van der Waals surface area contributed by atoms with Gasteiger partial charge in [0, 0.05) is 30.7 Å². The van der Waals surface area contributed by atoms with E-state index in [9.17, 15) is 9.59 Å². The van der Waals surface area contributed by atoms with Crippen LogP contribution in [0.4, 0.5) is 10.6 Å². The zero-order valence-corrected chi connectivity index (χ0v) is 17.3. The first-order valence-corrected chi connectivity index (χ1v) is 9.69. The van der Waals surface area contributed by atoms with Gasteiger partial charge in [0.25, 0.3) is 5.91 Å². The first kappa shape index (κ1) is 20.7. The van der Waals surface area contributed by atoms with Crippen LogP contribution in [-0.2, 0) is 4.74 Å². The number of ether oxygens (including phenoxy) is 2. The minimum absolute atomic E-state index is 0.0394. The number of nitrogens with two attached hydrogens (primary N) is 1. The third-order valence-electron chi connectivity index (χ3n) is 4.77. The molecule has 0 spiro atoms. The molecule has 1 saturated heterocycles. The van der Waals surface area contributed by atoms with Crippen molar-refractivity contribution in [2.45, 2.75) is 45.3 Å². The largest absolute Gasteiger partial charge is 0.496 e. The third-order valence-corrected chi connectivity index (χ3v) is 4.77. The van der Waals surface area contributed by atoms with E-state index in [0.29, 0.717) is 17.9 Å². The van der Waals surface area contributed by atoms with Gasteiger partial charge >= 0.3 is 6.09 Å². The molecule has 3 N–H and O–H groups in total. The van der Waals surface area contributed by atoms with Gasteiger partial charge in [-0.2, -0.15) is 0 Å². The van der Waals surface area contributed by atoms with Gasteiger partial charge in [-0.3, -0.25) is 4.79 Å². The summed E-state index contributed by atoms with van der Waals surface area (Å²) < 4.78 is 10.7. The van der Waals surface area contributed by atoms with Crippen LogP contribution < -0.4 is 20.7 Å². The summed E-state index contributed by atoms with van der Waals surface area (Å²) in [5, 5.41) is 4.67. The molecule has 1 aromatic carbocycles. The van der Waals surface area contributed by atoms with Gasteiger partial charge < -0.3 is 25.4 Å². The van der Waals surface area contributed by atoms with Crippen molar-refractivity contribution in [2.75, 3.05) is 25.1 Å². The molecule has 0 saturated carbocycles. The van der Waals surface area contributed by atoms with Gasteiger partial charge in [0.2, 0.25) is 0 Å². The molecule has 1 aliphatic rings. The van der Waals surface area contributed by atoms with Crippen molar-refractivity contribution in [1.82, 2.24) is 10.3 Å². The molecule has 2 aromatic rings. The summed E-state index contributed by atoms with van der Waals surface area (Å²) in [5.41, 5.74) is 5.27. The Morgan fingerprint density at radius 1 is 1.31 bits per heavy atom. The number of primary amides is 1. The van der Waals surface area contributed by atoms with E-state index in [1.54, 1.807) is 18.3 Å². The maximum absolute atomic E-state index is 12.1. The van der Waals surface area contributed by atoms with E-state index in [4.69, 9.17) is 15.2 Å². The van der Waals surface area contributed by atoms with Crippen molar-refractivity contribution in [2.24, 2.45) is 5.73 Å². The number of hydrogen-bond acceptors (Lipinski definition) is 6. The van der Waals surface area contributed by atoms with Crippen molar-refractivity contribution in [3.05, 3.63) is 30.0 Å². The Balaban J connectivity index is 1.86. The van der Waals surface area contributed by atoms with Gasteiger partial charge in [0.05, 0.1) is 12.7 Å². The quantitative estimate of drug-likeness (QED) is 0.817. The number of carbonyl (C=O) groups excluding carboxylic acids is 2. The fourth-order valence-electron chi connectivity index (χ4n) is 3.56. The van der Waals surface area contributed by atoms with Crippen LogP contribution in [0.15, 0.2) is 24.4 Å². The average molecular weight is 400 g/mol. The number of anilines is 1. The molecule has 29 heavy (non-hydrogen) atoms. The molecule has 3 rings (SSSR count).